The zero-order valence-corrected chi connectivity index (χ0v) is 12.2. The number of hydrogen-bond acceptors (Lipinski definition) is 4. The third-order valence-corrected chi connectivity index (χ3v) is 5.67. The number of hydrogen-bond donors (Lipinski definition) is 0. The van der Waals surface area contributed by atoms with E-state index in [2.05, 4.69) is 25.0 Å². The van der Waals surface area contributed by atoms with Gasteiger partial charge in [-0.15, -0.1) is 0 Å². The standard InChI is InChI=1S/C13H19N3O2S/c1-3-11(2)16-6-4-12(15-16)8-13(9-14)5-7-19(17,18)10-13/h4,6,11H,3,5,7-8,10H2,1-2H3. The molecule has 0 amide bonds. The third-order valence-electron chi connectivity index (χ3n) is 3.85. The first-order valence-electron chi connectivity index (χ1n) is 6.55. The fraction of sp³-hybridized carbons (Fsp3) is 0.692. The van der Waals surface area contributed by atoms with E-state index in [0.29, 0.717) is 18.9 Å². The highest BCUT2D eigenvalue weighted by molar-refractivity contribution is 7.91. The number of nitriles is 1. The second-order valence-corrected chi connectivity index (χ2v) is 7.64. The van der Waals surface area contributed by atoms with Crippen LogP contribution in [0, 0.1) is 16.7 Å². The van der Waals surface area contributed by atoms with Crippen molar-refractivity contribution in [3.63, 3.8) is 0 Å². The van der Waals surface area contributed by atoms with Crippen molar-refractivity contribution >= 4 is 9.84 Å². The second-order valence-electron chi connectivity index (χ2n) is 5.46. The fourth-order valence-corrected chi connectivity index (χ4v) is 4.43. The molecule has 6 heteroatoms. The van der Waals surface area contributed by atoms with Crippen LogP contribution in [-0.4, -0.2) is 29.7 Å². The van der Waals surface area contributed by atoms with E-state index in [0.717, 1.165) is 12.1 Å². The number of nitrogens with zero attached hydrogens (tertiary/aromatic N) is 3. The topological polar surface area (TPSA) is 75.8 Å². The average molecular weight is 281 g/mol. The van der Waals surface area contributed by atoms with Crippen molar-refractivity contribution < 1.29 is 8.42 Å². The molecule has 1 aromatic heterocycles. The van der Waals surface area contributed by atoms with Crippen LogP contribution in [0.4, 0.5) is 0 Å². The molecular weight excluding hydrogens is 262 g/mol. The molecule has 0 saturated carbocycles. The molecule has 1 fully saturated rings. The number of sulfone groups is 1. The van der Waals surface area contributed by atoms with Gasteiger partial charge in [0.2, 0.25) is 0 Å². The molecule has 104 valence electrons. The van der Waals surface area contributed by atoms with Crippen molar-refractivity contribution in [1.82, 2.24) is 9.78 Å². The van der Waals surface area contributed by atoms with Crippen LogP contribution in [0.15, 0.2) is 12.3 Å². The summed E-state index contributed by atoms with van der Waals surface area (Å²) in [5.41, 5.74) is 0.0203. The second kappa shape index (κ2) is 4.97. The summed E-state index contributed by atoms with van der Waals surface area (Å²) in [4.78, 5) is 0. The predicted octanol–water partition coefficient (Wildman–Crippen LogP) is 1.73. The molecule has 0 spiro atoms. The normalized spacial score (nSPS) is 27.0. The minimum Gasteiger partial charge on any atom is -0.270 e. The summed E-state index contributed by atoms with van der Waals surface area (Å²) in [6, 6.07) is 4.41. The Labute approximate surface area is 114 Å². The predicted molar refractivity (Wildman–Crippen MR) is 72.2 cm³/mol. The molecule has 19 heavy (non-hydrogen) atoms. The van der Waals surface area contributed by atoms with Gasteiger partial charge in [-0.05, 0) is 25.8 Å². The van der Waals surface area contributed by atoms with Gasteiger partial charge >= 0.3 is 0 Å². The van der Waals surface area contributed by atoms with Gasteiger partial charge in [0.05, 0.1) is 28.7 Å². The maximum absolute atomic E-state index is 11.6. The van der Waals surface area contributed by atoms with Crippen LogP contribution in [0.5, 0.6) is 0 Å². The fourth-order valence-electron chi connectivity index (χ4n) is 2.43. The smallest absolute Gasteiger partial charge is 0.151 e. The van der Waals surface area contributed by atoms with E-state index in [1.54, 1.807) is 0 Å². The van der Waals surface area contributed by atoms with Gasteiger partial charge in [-0.25, -0.2) is 8.42 Å². The summed E-state index contributed by atoms with van der Waals surface area (Å²) in [5.74, 6) is 0.0827. The van der Waals surface area contributed by atoms with Crippen LogP contribution in [-0.2, 0) is 16.3 Å². The van der Waals surface area contributed by atoms with Crippen LogP contribution in [0.2, 0.25) is 0 Å². The zero-order valence-electron chi connectivity index (χ0n) is 11.3. The van der Waals surface area contributed by atoms with Crippen LogP contribution in [0.3, 0.4) is 0 Å². The summed E-state index contributed by atoms with van der Waals surface area (Å²) in [5, 5.41) is 13.8. The first kappa shape index (κ1) is 14.1. The zero-order chi connectivity index (χ0) is 14.1. The molecule has 2 unspecified atom stereocenters. The van der Waals surface area contributed by atoms with Gasteiger partial charge in [0.1, 0.15) is 0 Å². The minimum absolute atomic E-state index is 0.0350. The number of aromatic nitrogens is 2. The lowest BCUT2D eigenvalue weighted by Gasteiger charge is -2.16. The Hall–Kier alpha value is -1.35. The molecule has 1 aliphatic heterocycles. The molecule has 0 aromatic carbocycles. The molecule has 0 bridgehead atoms. The summed E-state index contributed by atoms with van der Waals surface area (Å²) in [6.45, 7) is 4.17. The van der Waals surface area contributed by atoms with Crippen molar-refractivity contribution in [1.29, 1.82) is 5.26 Å². The molecular formula is C13H19N3O2S. The summed E-state index contributed by atoms with van der Waals surface area (Å²) in [7, 11) is -3.06. The van der Waals surface area contributed by atoms with Crippen molar-refractivity contribution in [2.45, 2.75) is 39.2 Å². The van der Waals surface area contributed by atoms with E-state index >= 15 is 0 Å². The van der Waals surface area contributed by atoms with Gasteiger partial charge in [-0.2, -0.15) is 10.4 Å². The Morgan fingerprint density at radius 1 is 1.63 bits per heavy atom. The monoisotopic (exact) mass is 281 g/mol. The van der Waals surface area contributed by atoms with Gasteiger partial charge in [0.25, 0.3) is 0 Å². The van der Waals surface area contributed by atoms with E-state index in [9.17, 15) is 13.7 Å². The highest BCUT2D eigenvalue weighted by Gasteiger charge is 2.43. The van der Waals surface area contributed by atoms with Gasteiger partial charge in [-0.1, -0.05) is 6.92 Å². The van der Waals surface area contributed by atoms with E-state index in [4.69, 9.17) is 0 Å². The maximum atomic E-state index is 11.6. The summed E-state index contributed by atoms with van der Waals surface area (Å²) in [6.07, 6.45) is 3.73. The molecule has 0 aliphatic carbocycles. The Morgan fingerprint density at radius 2 is 2.37 bits per heavy atom. The summed E-state index contributed by atoms with van der Waals surface area (Å²) >= 11 is 0. The molecule has 2 atom stereocenters. The van der Waals surface area contributed by atoms with Crippen LogP contribution < -0.4 is 0 Å². The molecule has 5 nitrogen and oxygen atoms in total. The van der Waals surface area contributed by atoms with Crippen LogP contribution >= 0.6 is 0 Å². The van der Waals surface area contributed by atoms with E-state index in [1.807, 2.05) is 16.9 Å². The molecule has 2 rings (SSSR count). The third kappa shape index (κ3) is 2.98. The Bertz CT molecular complexity index is 600. The number of rotatable bonds is 4. The lowest BCUT2D eigenvalue weighted by Crippen LogP contribution is -2.23. The van der Waals surface area contributed by atoms with Crippen molar-refractivity contribution in [3.8, 4) is 6.07 Å². The quantitative estimate of drug-likeness (QED) is 0.842. The van der Waals surface area contributed by atoms with Gasteiger partial charge in [-0.3, -0.25) is 4.68 Å². The lowest BCUT2D eigenvalue weighted by molar-refractivity contribution is 0.430. The van der Waals surface area contributed by atoms with Crippen LogP contribution in [0.25, 0.3) is 0 Å². The molecule has 1 aromatic rings. The molecule has 1 aliphatic rings. The molecule has 0 radical (unpaired) electrons. The Kier molecular flexibility index (Phi) is 3.68. The van der Waals surface area contributed by atoms with E-state index in [-0.39, 0.29) is 11.5 Å². The maximum Gasteiger partial charge on any atom is 0.151 e. The molecule has 0 N–H and O–H groups in total. The first-order chi connectivity index (χ1) is 8.90. The molecule has 2 heterocycles. The highest BCUT2D eigenvalue weighted by atomic mass is 32.2. The van der Waals surface area contributed by atoms with Crippen molar-refractivity contribution in [2.75, 3.05) is 11.5 Å². The largest absolute Gasteiger partial charge is 0.270 e. The lowest BCUT2D eigenvalue weighted by atomic mass is 9.84. The SMILES string of the molecule is CCC(C)n1ccc(CC2(C#N)CCS(=O)(=O)C2)n1. The highest BCUT2D eigenvalue weighted by Crippen LogP contribution is 2.34. The minimum atomic E-state index is -3.06. The van der Waals surface area contributed by atoms with Gasteiger partial charge < -0.3 is 0 Å². The van der Waals surface area contributed by atoms with Crippen molar-refractivity contribution in [2.24, 2.45) is 5.41 Å². The van der Waals surface area contributed by atoms with E-state index in [1.165, 1.54) is 0 Å². The van der Waals surface area contributed by atoms with E-state index < -0.39 is 15.3 Å². The Balaban J connectivity index is 2.17. The van der Waals surface area contributed by atoms with Gasteiger partial charge in [0.15, 0.2) is 9.84 Å². The van der Waals surface area contributed by atoms with Crippen molar-refractivity contribution in [3.05, 3.63) is 18.0 Å². The first-order valence-corrected chi connectivity index (χ1v) is 8.37. The van der Waals surface area contributed by atoms with Gasteiger partial charge in [0, 0.05) is 18.7 Å². The molecule has 1 saturated heterocycles. The average Bonchev–Trinajstić information content (AvgIpc) is 2.94. The summed E-state index contributed by atoms with van der Waals surface area (Å²) < 4.78 is 25.0. The van der Waals surface area contributed by atoms with Crippen LogP contribution in [0.1, 0.15) is 38.4 Å². The Morgan fingerprint density at radius 3 is 2.89 bits per heavy atom.